The van der Waals surface area contributed by atoms with Crippen LogP contribution in [0.2, 0.25) is 0 Å². The second-order valence-electron chi connectivity index (χ2n) is 6.41. The summed E-state index contributed by atoms with van der Waals surface area (Å²) in [4.78, 5) is 11.6. The quantitative estimate of drug-likeness (QED) is 0.733. The van der Waals surface area contributed by atoms with Gasteiger partial charge in [0.2, 0.25) is 5.95 Å². The van der Waals surface area contributed by atoms with Crippen LogP contribution in [0, 0.1) is 0 Å². The maximum Gasteiger partial charge on any atom is 0.225 e. The summed E-state index contributed by atoms with van der Waals surface area (Å²) in [5.74, 6) is 1.74. The molecular formula is C17H23N7O. The smallest absolute Gasteiger partial charge is 0.225 e. The van der Waals surface area contributed by atoms with Gasteiger partial charge in [-0.25, -0.2) is 4.98 Å². The van der Waals surface area contributed by atoms with Crippen molar-refractivity contribution in [2.75, 3.05) is 37.2 Å². The van der Waals surface area contributed by atoms with Crippen molar-refractivity contribution in [1.82, 2.24) is 24.6 Å². The van der Waals surface area contributed by atoms with Gasteiger partial charge in [0, 0.05) is 20.1 Å². The first kappa shape index (κ1) is 15.9. The number of nitrogens with zero attached hydrogens (tertiary/aromatic N) is 5. The lowest BCUT2D eigenvalue weighted by Gasteiger charge is -2.26. The van der Waals surface area contributed by atoms with Crippen LogP contribution in [-0.4, -0.2) is 50.8 Å². The number of rotatable bonds is 5. The molecule has 0 saturated carbocycles. The predicted octanol–water partition coefficient (Wildman–Crippen LogP) is 2.10. The van der Waals surface area contributed by atoms with Crippen LogP contribution in [0.3, 0.4) is 0 Å². The third kappa shape index (κ3) is 3.17. The van der Waals surface area contributed by atoms with Gasteiger partial charge >= 0.3 is 0 Å². The highest BCUT2D eigenvalue weighted by Gasteiger charge is 2.18. The van der Waals surface area contributed by atoms with Crippen molar-refractivity contribution in [1.29, 1.82) is 0 Å². The van der Waals surface area contributed by atoms with Crippen molar-refractivity contribution < 1.29 is 4.42 Å². The highest BCUT2D eigenvalue weighted by atomic mass is 16.3. The fourth-order valence-electron chi connectivity index (χ4n) is 3.29. The summed E-state index contributed by atoms with van der Waals surface area (Å²) in [6.07, 6.45) is 5.55. The van der Waals surface area contributed by atoms with Crippen molar-refractivity contribution in [3.05, 3.63) is 18.4 Å². The maximum absolute atomic E-state index is 6.14. The Morgan fingerprint density at radius 2 is 2.08 bits per heavy atom. The standard InChI is InChI=1S/C17H23N7O/c1-23-15(18)13-14(12-6-5-11-25-12)20-17(21-16(13)22-23)19-7-10-24-8-3-2-4-9-24/h5-6,11H,2-4,7-10,18H2,1H3,(H,19,21,22). The number of furan rings is 1. The number of nitrogen functional groups attached to an aromatic ring is 1. The van der Waals surface area contributed by atoms with Gasteiger partial charge < -0.3 is 20.4 Å². The first-order valence-corrected chi connectivity index (χ1v) is 8.72. The van der Waals surface area contributed by atoms with E-state index in [1.165, 1.54) is 32.4 Å². The van der Waals surface area contributed by atoms with Gasteiger partial charge in [-0.3, -0.25) is 4.68 Å². The minimum Gasteiger partial charge on any atom is -0.463 e. The Kier molecular flexibility index (Phi) is 4.27. The van der Waals surface area contributed by atoms with Crippen molar-refractivity contribution >= 4 is 22.8 Å². The lowest BCUT2D eigenvalue weighted by molar-refractivity contribution is 0.237. The summed E-state index contributed by atoms with van der Waals surface area (Å²) in [5.41, 5.74) is 7.38. The molecule has 4 heterocycles. The zero-order valence-electron chi connectivity index (χ0n) is 14.4. The number of piperidine rings is 1. The second kappa shape index (κ2) is 6.72. The molecule has 132 valence electrons. The van der Waals surface area contributed by atoms with E-state index in [9.17, 15) is 0 Å². The number of nitrogens with one attached hydrogen (secondary N) is 1. The van der Waals surface area contributed by atoms with E-state index >= 15 is 0 Å². The number of likely N-dealkylation sites (tertiary alicyclic amines) is 1. The fourth-order valence-corrected chi connectivity index (χ4v) is 3.29. The monoisotopic (exact) mass is 341 g/mol. The molecule has 8 heteroatoms. The summed E-state index contributed by atoms with van der Waals surface area (Å²) in [6, 6.07) is 3.70. The molecule has 3 aromatic rings. The summed E-state index contributed by atoms with van der Waals surface area (Å²) < 4.78 is 7.14. The molecule has 0 spiro atoms. The lowest BCUT2D eigenvalue weighted by atomic mass is 10.1. The Hall–Kier alpha value is -2.61. The van der Waals surface area contributed by atoms with E-state index in [0.29, 0.717) is 28.9 Å². The molecule has 0 bridgehead atoms. The van der Waals surface area contributed by atoms with Crippen LogP contribution in [0.4, 0.5) is 11.8 Å². The number of aryl methyl sites for hydroxylation is 1. The number of fused-ring (bicyclic) bond motifs is 1. The molecule has 0 atom stereocenters. The van der Waals surface area contributed by atoms with Gasteiger partial charge in [-0.1, -0.05) is 6.42 Å². The van der Waals surface area contributed by atoms with E-state index in [2.05, 4.69) is 25.3 Å². The zero-order chi connectivity index (χ0) is 17.2. The summed E-state index contributed by atoms with van der Waals surface area (Å²) in [7, 11) is 1.80. The molecule has 3 N–H and O–H groups in total. The average molecular weight is 341 g/mol. The van der Waals surface area contributed by atoms with Crippen molar-refractivity contribution in [3.63, 3.8) is 0 Å². The Balaban J connectivity index is 1.59. The fraction of sp³-hybridized carbons (Fsp3) is 0.471. The molecule has 1 aliphatic heterocycles. The molecule has 1 aliphatic rings. The van der Waals surface area contributed by atoms with E-state index in [0.717, 1.165) is 18.5 Å². The third-order valence-electron chi connectivity index (χ3n) is 4.65. The second-order valence-corrected chi connectivity index (χ2v) is 6.41. The molecule has 1 saturated heterocycles. The van der Waals surface area contributed by atoms with Crippen molar-refractivity contribution in [3.8, 4) is 11.5 Å². The molecule has 1 fully saturated rings. The van der Waals surface area contributed by atoms with Gasteiger partial charge in [0.1, 0.15) is 11.5 Å². The normalized spacial score (nSPS) is 15.7. The van der Waals surface area contributed by atoms with Gasteiger partial charge in [-0.05, 0) is 38.1 Å². The van der Waals surface area contributed by atoms with E-state index in [1.54, 1.807) is 18.0 Å². The van der Waals surface area contributed by atoms with Crippen LogP contribution >= 0.6 is 0 Å². The predicted molar refractivity (Wildman–Crippen MR) is 97.2 cm³/mol. The molecule has 0 aliphatic carbocycles. The van der Waals surface area contributed by atoms with Crippen LogP contribution in [0.5, 0.6) is 0 Å². The molecular weight excluding hydrogens is 318 g/mol. The highest BCUT2D eigenvalue weighted by molar-refractivity contribution is 5.97. The molecule has 0 radical (unpaired) electrons. The van der Waals surface area contributed by atoms with Crippen LogP contribution < -0.4 is 11.1 Å². The number of hydrogen-bond acceptors (Lipinski definition) is 7. The minimum atomic E-state index is 0.529. The SMILES string of the molecule is Cn1nc2nc(NCCN3CCCCC3)nc(-c3ccco3)c2c1N. The third-order valence-corrected chi connectivity index (χ3v) is 4.65. The number of anilines is 2. The molecule has 3 aromatic heterocycles. The molecule has 8 nitrogen and oxygen atoms in total. The van der Waals surface area contributed by atoms with Crippen LogP contribution in [0.25, 0.3) is 22.5 Å². The topological polar surface area (TPSA) is 98.0 Å². The molecule has 0 aromatic carbocycles. The average Bonchev–Trinajstić information content (AvgIpc) is 3.25. The molecule has 4 rings (SSSR count). The van der Waals surface area contributed by atoms with E-state index in [4.69, 9.17) is 10.2 Å². The highest BCUT2D eigenvalue weighted by Crippen LogP contribution is 2.31. The largest absolute Gasteiger partial charge is 0.463 e. The minimum absolute atomic E-state index is 0.529. The van der Waals surface area contributed by atoms with Gasteiger partial charge in [-0.2, -0.15) is 10.1 Å². The summed E-state index contributed by atoms with van der Waals surface area (Å²) in [6.45, 7) is 4.14. The summed E-state index contributed by atoms with van der Waals surface area (Å²) >= 11 is 0. The Bertz CT molecular complexity index is 850. The first-order valence-electron chi connectivity index (χ1n) is 8.72. The van der Waals surface area contributed by atoms with Gasteiger partial charge in [0.15, 0.2) is 11.4 Å². The van der Waals surface area contributed by atoms with Crippen molar-refractivity contribution in [2.24, 2.45) is 7.05 Å². The van der Waals surface area contributed by atoms with E-state index < -0.39 is 0 Å². The number of hydrogen-bond donors (Lipinski definition) is 2. The van der Waals surface area contributed by atoms with Gasteiger partial charge in [0.25, 0.3) is 0 Å². The Morgan fingerprint density at radius 1 is 1.24 bits per heavy atom. The molecule has 0 unspecified atom stereocenters. The lowest BCUT2D eigenvalue weighted by Crippen LogP contribution is -2.33. The number of nitrogens with two attached hydrogens (primary N) is 1. The van der Waals surface area contributed by atoms with E-state index in [-0.39, 0.29) is 0 Å². The maximum atomic E-state index is 6.14. The first-order chi connectivity index (χ1) is 12.2. The van der Waals surface area contributed by atoms with Gasteiger partial charge in [-0.15, -0.1) is 0 Å². The number of aromatic nitrogens is 4. The molecule has 0 amide bonds. The van der Waals surface area contributed by atoms with Crippen LogP contribution in [0.1, 0.15) is 19.3 Å². The van der Waals surface area contributed by atoms with Gasteiger partial charge in [0.05, 0.1) is 11.6 Å². The van der Waals surface area contributed by atoms with Crippen LogP contribution in [0.15, 0.2) is 22.8 Å². The zero-order valence-corrected chi connectivity index (χ0v) is 14.4. The summed E-state index contributed by atoms with van der Waals surface area (Å²) in [5, 5.41) is 8.43. The van der Waals surface area contributed by atoms with E-state index in [1.807, 2.05) is 12.1 Å². The van der Waals surface area contributed by atoms with Crippen LogP contribution in [-0.2, 0) is 7.05 Å². The molecule has 25 heavy (non-hydrogen) atoms. The Labute approximate surface area is 146 Å². The van der Waals surface area contributed by atoms with Crippen molar-refractivity contribution in [2.45, 2.75) is 19.3 Å². The Morgan fingerprint density at radius 3 is 2.84 bits per heavy atom.